The third-order valence-corrected chi connectivity index (χ3v) is 4.58. The van der Waals surface area contributed by atoms with E-state index in [4.69, 9.17) is 21.1 Å². The molecule has 0 unspecified atom stereocenters. The number of halogens is 1. The third kappa shape index (κ3) is 4.57. The molecule has 0 spiro atoms. The molecule has 2 amide bonds. The molecule has 29 heavy (non-hydrogen) atoms. The summed E-state index contributed by atoms with van der Waals surface area (Å²) in [6.45, 7) is 3.52. The number of amides is 2. The van der Waals surface area contributed by atoms with E-state index >= 15 is 0 Å². The van der Waals surface area contributed by atoms with Gasteiger partial charge in [-0.25, -0.2) is 9.80 Å². The normalized spacial score (nSPS) is 14.9. The zero-order valence-electron chi connectivity index (χ0n) is 15.9. The Morgan fingerprint density at radius 3 is 2.69 bits per heavy atom. The first-order chi connectivity index (χ1) is 13.9. The number of hydrazine groups is 1. The van der Waals surface area contributed by atoms with Crippen LogP contribution in [0.15, 0.2) is 48.0 Å². The molecule has 0 aliphatic carbocycles. The average Bonchev–Trinajstić information content (AvgIpc) is 2.98. The van der Waals surface area contributed by atoms with Gasteiger partial charge in [0.2, 0.25) is 0 Å². The molecule has 0 saturated carbocycles. The molecular weight excluding hydrogens is 396 g/mol. The summed E-state index contributed by atoms with van der Waals surface area (Å²) in [7, 11) is 0. The molecule has 1 fully saturated rings. The first kappa shape index (κ1) is 20.4. The van der Waals surface area contributed by atoms with Crippen LogP contribution in [0.1, 0.15) is 18.1 Å². The van der Waals surface area contributed by atoms with Gasteiger partial charge in [-0.05, 0) is 43.7 Å². The van der Waals surface area contributed by atoms with Crippen LogP contribution in [0.4, 0.5) is 5.69 Å². The molecule has 1 heterocycles. The van der Waals surface area contributed by atoms with Crippen LogP contribution in [0.3, 0.4) is 0 Å². The molecular formula is C21H19ClN2O5. The van der Waals surface area contributed by atoms with Gasteiger partial charge in [-0.15, -0.1) is 0 Å². The van der Waals surface area contributed by atoms with Crippen LogP contribution >= 0.6 is 11.6 Å². The summed E-state index contributed by atoms with van der Waals surface area (Å²) in [5.41, 5.74) is 4.26. The highest BCUT2D eigenvalue weighted by atomic mass is 35.5. The number of hydrogen-bond acceptors (Lipinski definition) is 5. The number of benzene rings is 2. The molecule has 150 valence electrons. The number of esters is 1. The van der Waals surface area contributed by atoms with E-state index in [-0.39, 0.29) is 18.8 Å². The van der Waals surface area contributed by atoms with Crippen molar-refractivity contribution in [3.63, 3.8) is 0 Å². The molecule has 0 atom stereocenters. The van der Waals surface area contributed by atoms with Crippen LogP contribution < -0.4 is 15.2 Å². The number of nitrogens with one attached hydrogen (secondary N) is 1. The van der Waals surface area contributed by atoms with Crippen molar-refractivity contribution >= 4 is 41.1 Å². The van der Waals surface area contributed by atoms with E-state index in [9.17, 15) is 14.4 Å². The lowest BCUT2D eigenvalue weighted by atomic mass is 10.1. The van der Waals surface area contributed by atoms with Crippen molar-refractivity contribution in [2.75, 3.05) is 18.2 Å². The molecule has 0 radical (unpaired) electrons. The minimum absolute atomic E-state index is 0.0612. The van der Waals surface area contributed by atoms with E-state index in [2.05, 4.69) is 5.43 Å². The Hall–Kier alpha value is -3.32. The van der Waals surface area contributed by atoms with E-state index in [0.29, 0.717) is 22.0 Å². The number of nitrogens with zero attached hydrogens (tertiary/aromatic N) is 1. The quantitative estimate of drug-likeness (QED) is 0.446. The van der Waals surface area contributed by atoms with Gasteiger partial charge in [-0.3, -0.25) is 15.0 Å². The summed E-state index contributed by atoms with van der Waals surface area (Å²) < 4.78 is 10.3. The van der Waals surface area contributed by atoms with Crippen molar-refractivity contribution in [1.82, 2.24) is 5.43 Å². The van der Waals surface area contributed by atoms with Crippen LogP contribution in [0.25, 0.3) is 6.08 Å². The van der Waals surface area contributed by atoms with Gasteiger partial charge >= 0.3 is 5.97 Å². The Morgan fingerprint density at radius 1 is 1.21 bits per heavy atom. The summed E-state index contributed by atoms with van der Waals surface area (Å²) in [6.07, 6.45) is 1.42. The highest BCUT2D eigenvalue weighted by Crippen LogP contribution is 2.28. The van der Waals surface area contributed by atoms with Crippen molar-refractivity contribution in [1.29, 1.82) is 0 Å². The Bertz CT molecular complexity index is 1000. The second-order valence-electron chi connectivity index (χ2n) is 6.20. The minimum Gasteiger partial charge on any atom is -0.481 e. The summed E-state index contributed by atoms with van der Waals surface area (Å²) in [6, 6.07) is 11.8. The van der Waals surface area contributed by atoms with Gasteiger partial charge in [0.25, 0.3) is 11.8 Å². The highest BCUT2D eigenvalue weighted by molar-refractivity contribution is 6.33. The predicted octanol–water partition coefficient (Wildman–Crippen LogP) is 3.05. The Labute approximate surface area is 172 Å². The van der Waals surface area contributed by atoms with Gasteiger partial charge in [0.1, 0.15) is 11.3 Å². The van der Waals surface area contributed by atoms with E-state index in [1.165, 1.54) is 6.08 Å². The Kier molecular flexibility index (Phi) is 6.19. The molecule has 0 aromatic heterocycles. The first-order valence-corrected chi connectivity index (χ1v) is 9.29. The number of carbonyl (C=O) groups excluding carboxylic acids is 3. The van der Waals surface area contributed by atoms with Gasteiger partial charge in [-0.2, -0.15) is 0 Å². The van der Waals surface area contributed by atoms with Crippen molar-refractivity contribution < 1.29 is 23.9 Å². The lowest BCUT2D eigenvalue weighted by Crippen LogP contribution is -2.35. The average molecular weight is 415 g/mol. The lowest BCUT2D eigenvalue weighted by molar-refractivity contribution is -0.145. The topological polar surface area (TPSA) is 84.9 Å². The molecule has 2 aromatic rings. The van der Waals surface area contributed by atoms with Gasteiger partial charge in [0.05, 0.1) is 12.3 Å². The maximum atomic E-state index is 12.8. The van der Waals surface area contributed by atoms with Gasteiger partial charge in [0.15, 0.2) is 6.61 Å². The second-order valence-corrected chi connectivity index (χ2v) is 6.61. The molecule has 7 nitrogen and oxygen atoms in total. The molecule has 8 heteroatoms. The van der Waals surface area contributed by atoms with E-state index in [1.807, 2.05) is 6.92 Å². The Morgan fingerprint density at radius 2 is 1.97 bits per heavy atom. The van der Waals surface area contributed by atoms with Crippen LogP contribution in [0.5, 0.6) is 5.75 Å². The number of hydrogen-bond donors (Lipinski definition) is 1. The first-order valence-electron chi connectivity index (χ1n) is 8.91. The van der Waals surface area contributed by atoms with Crippen molar-refractivity contribution in [2.45, 2.75) is 13.8 Å². The molecule has 0 bridgehead atoms. The highest BCUT2D eigenvalue weighted by Gasteiger charge is 2.34. The zero-order valence-corrected chi connectivity index (χ0v) is 16.7. The van der Waals surface area contributed by atoms with Crippen LogP contribution in [0.2, 0.25) is 5.02 Å². The molecule has 1 aliphatic heterocycles. The van der Waals surface area contributed by atoms with Crippen LogP contribution in [0, 0.1) is 6.92 Å². The summed E-state index contributed by atoms with van der Waals surface area (Å²) in [5.74, 6) is -1.22. The fourth-order valence-electron chi connectivity index (χ4n) is 2.69. The number of carbonyl (C=O) groups is 3. The maximum absolute atomic E-state index is 12.8. The minimum atomic E-state index is -0.549. The fourth-order valence-corrected chi connectivity index (χ4v) is 2.86. The Balaban J connectivity index is 1.85. The molecule has 3 rings (SSSR count). The van der Waals surface area contributed by atoms with Gasteiger partial charge in [-0.1, -0.05) is 35.9 Å². The number of aryl methyl sites for hydroxylation is 1. The maximum Gasteiger partial charge on any atom is 0.344 e. The number of anilines is 1. The smallest absolute Gasteiger partial charge is 0.344 e. The third-order valence-electron chi connectivity index (χ3n) is 4.17. The number of para-hydroxylation sites is 1. The van der Waals surface area contributed by atoms with Crippen molar-refractivity contribution in [3.8, 4) is 5.75 Å². The largest absolute Gasteiger partial charge is 0.481 e. The van der Waals surface area contributed by atoms with E-state index in [0.717, 1.165) is 10.6 Å². The lowest BCUT2D eigenvalue weighted by Gasteiger charge is -2.15. The molecule has 1 N–H and O–H groups in total. The van der Waals surface area contributed by atoms with Crippen molar-refractivity contribution in [2.24, 2.45) is 0 Å². The van der Waals surface area contributed by atoms with Gasteiger partial charge < -0.3 is 9.47 Å². The monoisotopic (exact) mass is 414 g/mol. The van der Waals surface area contributed by atoms with E-state index in [1.54, 1.807) is 49.4 Å². The molecule has 1 aliphatic rings. The summed E-state index contributed by atoms with van der Waals surface area (Å²) in [4.78, 5) is 36.7. The van der Waals surface area contributed by atoms with Gasteiger partial charge in [0, 0.05) is 10.6 Å². The van der Waals surface area contributed by atoms with Crippen molar-refractivity contribution in [3.05, 3.63) is 64.2 Å². The SMILES string of the molecule is CCOC(=O)COc1ccccc1/C=C1/C(=O)NN(c2ccc(C)c(Cl)c2)C1=O. The van der Waals surface area contributed by atoms with E-state index < -0.39 is 17.8 Å². The van der Waals surface area contributed by atoms with Crippen LogP contribution in [-0.4, -0.2) is 31.0 Å². The second kappa shape index (κ2) is 8.79. The summed E-state index contributed by atoms with van der Waals surface area (Å²) in [5, 5.41) is 1.63. The van der Waals surface area contributed by atoms with Crippen LogP contribution in [-0.2, 0) is 19.1 Å². The fraction of sp³-hybridized carbons (Fsp3) is 0.190. The standard InChI is InChI=1S/C21H19ClN2O5/c1-3-28-19(25)12-29-18-7-5-4-6-14(18)10-16-20(26)23-24(21(16)27)15-9-8-13(2)17(22)11-15/h4-11H,3,12H2,1-2H3,(H,23,26)/b16-10-. The zero-order chi connectivity index (χ0) is 21.0. The number of rotatable bonds is 6. The predicted molar refractivity (Wildman–Crippen MR) is 108 cm³/mol. The summed E-state index contributed by atoms with van der Waals surface area (Å²) >= 11 is 6.13. The number of ether oxygens (including phenoxy) is 2. The molecule has 1 saturated heterocycles. The molecule has 2 aromatic carbocycles.